The van der Waals surface area contributed by atoms with E-state index < -0.39 is 0 Å². The molecule has 2 nitrogen and oxygen atoms in total. The van der Waals surface area contributed by atoms with Crippen molar-refractivity contribution in [2.24, 2.45) is 0 Å². The molecule has 0 saturated carbocycles. The van der Waals surface area contributed by atoms with E-state index in [1.54, 1.807) is 0 Å². The second-order valence-electron chi connectivity index (χ2n) is 3.20. The number of allylic oxidation sites excluding steroid dienone is 2. The third kappa shape index (κ3) is 0.724. The molecule has 2 heteroatoms. The monoisotopic (exact) mass is 151 g/mol. The minimum atomic E-state index is 0.833. The van der Waals surface area contributed by atoms with Crippen LogP contribution in [-0.4, -0.2) is 25.1 Å². The normalized spacial score (nSPS) is 23.0. The Morgan fingerprint density at radius 1 is 1.27 bits per heavy atom. The molecule has 2 rings (SSSR count). The summed E-state index contributed by atoms with van der Waals surface area (Å²) in [6.45, 7) is 6.12. The lowest BCUT2D eigenvalue weighted by Gasteiger charge is -2.38. The van der Waals surface area contributed by atoms with Crippen LogP contribution in [0.1, 0.15) is 13.8 Å². The van der Waals surface area contributed by atoms with Gasteiger partial charge in [-0.3, -0.25) is 0 Å². The minimum Gasteiger partial charge on any atom is -0.489 e. The van der Waals surface area contributed by atoms with Gasteiger partial charge in [0.1, 0.15) is 12.4 Å². The molecular formula is C9H13NO. The van der Waals surface area contributed by atoms with Crippen LogP contribution < -0.4 is 0 Å². The van der Waals surface area contributed by atoms with Gasteiger partial charge in [0, 0.05) is 7.05 Å². The van der Waals surface area contributed by atoms with Crippen LogP contribution in [0.15, 0.2) is 22.6 Å². The summed E-state index contributed by atoms with van der Waals surface area (Å²) in [7, 11) is 2.12. The molecule has 1 saturated heterocycles. The average Bonchev–Trinajstić information content (AvgIpc) is 2.03. The number of hydrogen-bond acceptors (Lipinski definition) is 2. The summed E-state index contributed by atoms with van der Waals surface area (Å²) in [6, 6.07) is 0. The fraction of sp³-hybridized carbons (Fsp3) is 0.556. The van der Waals surface area contributed by atoms with Gasteiger partial charge in [-0.2, -0.15) is 0 Å². The molecule has 60 valence electrons. The zero-order chi connectivity index (χ0) is 8.01. The number of likely N-dealkylation sites (N-methyl/N-ethyl adjacent to an activating group) is 1. The van der Waals surface area contributed by atoms with Gasteiger partial charge in [-0.05, 0) is 25.0 Å². The molecule has 0 radical (unpaired) electrons. The summed E-state index contributed by atoms with van der Waals surface area (Å²) in [5.74, 6) is 1.12. The number of ether oxygens (including phenoxy) is 1. The Balaban J connectivity index is 2.30. The highest BCUT2D eigenvalue weighted by Gasteiger charge is 2.30. The summed E-state index contributed by atoms with van der Waals surface area (Å²) in [5, 5.41) is 0. The van der Waals surface area contributed by atoms with E-state index >= 15 is 0 Å². The molecule has 1 fully saturated rings. The van der Waals surface area contributed by atoms with E-state index in [1.165, 1.54) is 16.8 Å². The van der Waals surface area contributed by atoms with Gasteiger partial charge in [0.2, 0.25) is 0 Å². The highest BCUT2D eigenvalue weighted by molar-refractivity contribution is 5.54. The van der Waals surface area contributed by atoms with Crippen molar-refractivity contribution in [3.05, 3.63) is 22.6 Å². The standard InChI is InChI=1S/C9H13NO/c1-6-7(2)9-8(6)10(3)4-5-11-9/h4-5H2,1-3H3. The van der Waals surface area contributed by atoms with E-state index in [0.29, 0.717) is 0 Å². The maximum atomic E-state index is 5.51. The second-order valence-corrected chi connectivity index (χ2v) is 3.20. The largest absolute Gasteiger partial charge is 0.489 e. The van der Waals surface area contributed by atoms with Crippen molar-refractivity contribution in [1.82, 2.24) is 4.90 Å². The van der Waals surface area contributed by atoms with E-state index in [2.05, 4.69) is 25.8 Å². The number of morpholine rings is 1. The molecule has 2 aliphatic rings. The maximum Gasteiger partial charge on any atom is 0.146 e. The van der Waals surface area contributed by atoms with Crippen molar-refractivity contribution in [2.75, 3.05) is 20.2 Å². The fourth-order valence-corrected chi connectivity index (χ4v) is 1.67. The molecule has 0 N–H and O–H groups in total. The average molecular weight is 151 g/mol. The first-order chi connectivity index (χ1) is 5.22. The molecule has 0 aromatic heterocycles. The van der Waals surface area contributed by atoms with Gasteiger partial charge in [-0.15, -0.1) is 0 Å². The molecule has 1 aliphatic carbocycles. The first-order valence-corrected chi connectivity index (χ1v) is 3.98. The summed E-state index contributed by atoms with van der Waals surface area (Å²) in [5.41, 5.74) is 4.03. The van der Waals surface area contributed by atoms with Crippen molar-refractivity contribution in [3.63, 3.8) is 0 Å². The lowest BCUT2D eigenvalue weighted by atomic mass is 9.92. The smallest absolute Gasteiger partial charge is 0.146 e. The maximum absolute atomic E-state index is 5.51. The highest BCUT2D eigenvalue weighted by atomic mass is 16.5. The van der Waals surface area contributed by atoms with Crippen LogP contribution in [0.4, 0.5) is 0 Å². The number of rotatable bonds is 0. The zero-order valence-electron chi connectivity index (χ0n) is 7.27. The van der Waals surface area contributed by atoms with Crippen molar-refractivity contribution in [1.29, 1.82) is 0 Å². The molecule has 0 unspecified atom stereocenters. The van der Waals surface area contributed by atoms with Crippen LogP contribution in [0.3, 0.4) is 0 Å². The van der Waals surface area contributed by atoms with E-state index in [0.717, 1.165) is 18.9 Å². The molecule has 0 atom stereocenters. The van der Waals surface area contributed by atoms with Crippen molar-refractivity contribution >= 4 is 0 Å². The predicted octanol–water partition coefficient (Wildman–Crippen LogP) is 1.51. The van der Waals surface area contributed by atoms with E-state index in [-0.39, 0.29) is 0 Å². The molecule has 11 heavy (non-hydrogen) atoms. The predicted molar refractivity (Wildman–Crippen MR) is 44.0 cm³/mol. The molecule has 1 heterocycles. The van der Waals surface area contributed by atoms with Gasteiger partial charge in [0.05, 0.1) is 12.2 Å². The first-order valence-electron chi connectivity index (χ1n) is 3.98. The van der Waals surface area contributed by atoms with Crippen molar-refractivity contribution in [3.8, 4) is 0 Å². The summed E-state index contributed by atoms with van der Waals surface area (Å²) in [4.78, 5) is 2.27. The third-order valence-electron chi connectivity index (χ3n) is 2.53. The van der Waals surface area contributed by atoms with Crippen LogP contribution >= 0.6 is 0 Å². The fourth-order valence-electron chi connectivity index (χ4n) is 1.67. The zero-order valence-corrected chi connectivity index (χ0v) is 7.27. The Bertz CT molecular complexity index is 263. The Hall–Kier alpha value is -0.920. The summed E-state index contributed by atoms with van der Waals surface area (Å²) >= 11 is 0. The van der Waals surface area contributed by atoms with E-state index in [9.17, 15) is 0 Å². The second kappa shape index (κ2) is 2.03. The highest BCUT2D eigenvalue weighted by Crippen LogP contribution is 2.38. The Morgan fingerprint density at radius 2 is 2.00 bits per heavy atom. The molecule has 0 aromatic carbocycles. The lowest BCUT2D eigenvalue weighted by Crippen LogP contribution is -2.35. The summed E-state index contributed by atoms with van der Waals surface area (Å²) in [6.07, 6.45) is 0. The Labute approximate surface area is 67.1 Å². The van der Waals surface area contributed by atoms with Crippen LogP contribution in [0.2, 0.25) is 0 Å². The third-order valence-corrected chi connectivity index (χ3v) is 2.53. The van der Waals surface area contributed by atoms with Crippen LogP contribution in [0, 0.1) is 0 Å². The SMILES string of the molecule is CC1=C2OCCN(C)C2=C1C. The van der Waals surface area contributed by atoms with E-state index in [4.69, 9.17) is 4.74 Å². The molecular weight excluding hydrogens is 138 g/mol. The van der Waals surface area contributed by atoms with Crippen molar-refractivity contribution in [2.45, 2.75) is 13.8 Å². The van der Waals surface area contributed by atoms with Gasteiger partial charge in [-0.25, -0.2) is 0 Å². The Morgan fingerprint density at radius 3 is 2.64 bits per heavy atom. The van der Waals surface area contributed by atoms with Crippen LogP contribution in [-0.2, 0) is 4.74 Å². The first kappa shape index (κ1) is 6.77. The van der Waals surface area contributed by atoms with Gasteiger partial charge in [0.25, 0.3) is 0 Å². The quantitative estimate of drug-likeness (QED) is 0.520. The minimum absolute atomic E-state index is 0.833. The summed E-state index contributed by atoms with van der Waals surface area (Å²) < 4.78 is 5.51. The van der Waals surface area contributed by atoms with Gasteiger partial charge < -0.3 is 9.64 Å². The van der Waals surface area contributed by atoms with E-state index in [1.807, 2.05) is 0 Å². The number of nitrogens with zero attached hydrogens (tertiary/aromatic N) is 1. The van der Waals surface area contributed by atoms with Crippen LogP contribution in [0.25, 0.3) is 0 Å². The van der Waals surface area contributed by atoms with Gasteiger partial charge in [0.15, 0.2) is 0 Å². The number of fused-ring (bicyclic) bond motifs is 1. The van der Waals surface area contributed by atoms with Gasteiger partial charge >= 0.3 is 0 Å². The molecule has 0 aromatic rings. The molecule has 0 amide bonds. The van der Waals surface area contributed by atoms with Crippen LogP contribution in [0.5, 0.6) is 0 Å². The Kier molecular flexibility index (Phi) is 1.25. The molecule has 0 spiro atoms. The topological polar surface area (TPSA) is 12.5 Å². The van der Waals surface area contributed by atoms with Crippen molar-refractivity contribution < 1.29 is 4.74 Å². The lowest BCUT2D eigenvalue weighted by molar-refractivity contribution is 0.131. The number of hydrogen-bond donors (Lipinski definition) is 0. The van der Waals surface area contributed by atoms with Gasteiger partial charge in [-0.1, -0.05) is 0 Å². The molecule has 0 bridgehead atoms. The molecule has 1 aliphatic heterocycles.